The lowest BCUT2D eigenvalue weighted by Gasteiger charge is -2.13. The third-order valence-electron chi connectivity index (χ3n) is 2.44. The maximum Gasteiger partial charge on any atom is 0.271 e. The van der Waals surface area contributed by atoms with Crippen LogP contribution in [0.1, 0.15) is 6.42 Å². The van der Waals surface area contributed by atoms with Gasteiger partial charge in [0.05, 0.1) is 9.95 Å². The molecule has 16 heavy (non-hydrogen) atoms. The topological polar surface area (TPSA) is 64.4 Å². The molecular formula is C10H11ClN2O3. The minimum atomic E-state index is -0.479. The highest BCUT2D eigenvalue weighted by Crippen LogP contribution is 2.29. The van der Waals surface area contributed by atoms with Gasteiger partial charge >= 0.3 is 0 Å². The molecule has 1 aromatic carbocycles. The zero-order chi connectivity index (χ0) is 11.5. The zero-order valence-corrected chi connectivity index (χ0v) is 9.24. The number of nitro benzene ring substituents is 1. The zero-order valence-electron chi connectivity index (χ0n) is 8.48. The number of rotatable bonds is 3. The molecule has 0 aromatic heterocycles. The highest BCUT2D eigenvalue weighted by Gasteiger charge is 2.18. The van der Waals surface area contributed by atoms with E-state index in [1.807, 2.05) is 0 Å². The Morgan fingerprint density at radius 3 is 2.94 bits per heavy atom. The van der Waals surface area contributed by atoms with Crippen molar-refractivity contribution in [1.82, 2.24) is 5.32 Å². The molecule has 0 bridgehead atoms. The van der Waals surface area contributed by atoms with Gasteiger partial charge in [0.15, 0.2) is 0 Å². The second-order valence-electron chi connectivity index (χ2n) is 3.60. The van der Waals surface area contributed by atoms with Crippen LogP contribution < -0.4 is 10.1 Å². The fraction of sp³-hybridized carbons (Fsp3) is 0.400. The average molecular weight is 243 g/mol. The van der Waals surface area contributed by atoms with E-state index in [2.05, 4.69) is 5.32 Å². The van der Waals surface area contributed by atoms with Crippen molar-refractivity contribution in [2.24, 2.45) is 0 Å². The van der Waals surface area contributed by atoms with Gasteiger partial charge in [0.1, 0.15) is 11.9 Å². The highest BCUT2D eigenvalue weighted by molar-refractivity contribution is 6.32. The first kappa shape index (κ1) is 11.2. The van der Waals surface area contributed by atoms with Gasteiger partial charge in [-0.3, -0.25) is 10.1 Å². The number of benzene rings is 1. The van der Waals surface area contributed by atoms with Crippen LogP contribution in [0.3, 0.4) is 0 Å². The van der Waals surface area contributed by atoms with Gasteiger partial charge in [-0.2, -0.15) is 0 Å². The number of halogens is 1. The first-order chi connectivity index (χ1) is 7.66. The number of nitrogens with zero attached hydrogens (tertiary/aromatic N) is 1. The van der Waals surface area contributed by atoms with Crippen molar-refractivity contribution in [2.45, 2.75) is 12.5 Å². The van der Waals surface area contributed by atoms with Crippen molar-refractivity contribution in [2.75, 3.05) is 13.1 Å². The van der Waals surface area contributed by atoms with Gasteiger partial charge in [-0.05, 0) is 19.0 Å². The predicted molar refractivity (Wildman–Crippen MR) is 60.0 cm³/mol. The van der Waals surface area contributed by atoms with Crippen molar-refractivity contribution >= 4 is 17.3 Å². The molecule has 5 nitrogen and oxygen atoms in total. The number of hydrogen-bond acceptors (Lipinski definition) is 4. The molecule has 2 rings (SSSR count). The normalized spacial score (nSPS) is 19.7. The van der Waals surface area contributed by atoms with Gasteiger partial charge in [-0.25, -0.2) is 0 Å². The summed E-state index contributed by atoms with van der Waals surface area (Å²) in [7, 11) is 0. The van der Waals surface area contributed by atoms with Crippen LogP contribution in [-0.4, -0.2) is 24.1 Å². The van der Waals surface area contributed by atoms with Crippen molar-refractivity contribution in [3.8, 4) is 5.75 Å². The van der Waals surface area contributed by atoms with Gasteiger partial charge < -0.3 is 10.1 Å². The SMILES string of the molecule is O=[N+]([O-])c1ccc(OC2CCNC2)c(Cl)c1. The third-order valence-corrected chi connectivity index (χ3v) is 2.73. The van der Waals surface area contributed by atoms with Crippen molar-refractivity contribution in [1.29, 1.82) is 0 Å². The lowest BCUT2D eigenvalue weighted by Crippen LogP contribution is -2.19. The van der Waals surface area contributed by atoms with Gasteiger partial charge in [0, 0.05) is 18.7 Å². The van der Waals surface area contributed by atoms with E-state index in [0.717, 1.165) is 19.5 Å². The second kappa shape index (κ2) is 4.67. The summed E-state index contributed by atoms with van der Waals surface area (Å²) in [5.41, 5.74) is -0.0260. The number of hydrogen-bond donors (Lipinski definition) is 1. The van der Waals surface area contributed by atoms with Crippen LogP contribution in [0.5, 0.6) is 5.75 Å². The largest absolute Gasteiger partial charge is 0.487 e. The van der Waals surface area contributed by atoms with Crippen LogP contribution in [0.2, 0.25) is 5.02 Å². The molecule has 1 saturated heterocycles. The Bertz CT molecular complexity index is 405. The van der Waals surface area contributed by atoms with Crippen LogP contribution in [0.25, 0.3) is 0 Å². The van der Waals surface area contributed by atoms with Crippen LogP contribution in [0.15, 0.2) is 18.2 Å². The summed E-state index contributed by atoms with van der Waals surface area (Å²) < 4.78 is 5.62. The summed E-state index contributed by atoms with van der Waals surface area (Å²) in [6, 6.07) is 4.24. The van der Waals surface area contributed by atoms with E-state index < -0.39 is 4.92 Å². The molecule has 1 heterocycles. The summed E-state index contributed by atoms with van der Waals surface area (Å²) in [6.45, 7) is 1.71. The molecule has 0 amide bonds. The van der Waals surface area contributed by atoms with E-state index in [4.69, 9.17) is 16.3 Å². The third kappa shape index (κ3) is 2.43. The molecule has 1 fully saturated rings. The Morgan fingerprint density at radius 2 is 2.38 bits per heavy atom. The van der Waals surface area contributed by atoms with E-state index in [1.54, 1.807) is 6.07 Å². The number of non-ortho nitro benzene ring substituents is 1. The molecule has 0 saturated carbocycles. The van der Waals surface area contributed by atoms with Crippen LogP contribution in [0, 0.1) is 10.1 Å². The van der Waals surface area contributed by atoms with Gasteiger partial charge in [0.2, 0.25) is 0 Å². The minimum absolute atomic E-state index is 0.0260. The van der Waals surface area contributed by atoms with Gasteiger partial charge in [-0.15, -0.1) is 0 Å². The van der Waals surface area contributed by atoms with Crippen LogP contribution in [0.4, 0.5) is 5.69 Å². The fourth-order valence-electron chi connectivity index (χ4n) is 1.61. The summed E-state index contributed by atoms with van der Waals surface area (Å²) in [6.07, 6.45) is 1.02. The molecule has 1 aliphatic heterocycles. The first-order valence-corrected chi connectivity index (χ1v) is 5.36. The van der Waals surface area contributed by atoms with Crippen LogP contribution >= 0.6 is 11.6 Å². The number of ether oxygens (including phenoxy) is 1. The molecular weight excluding hydrogens is 232 g/mol. The lowest BCUT2D eigenvalue weighted by molar-refractivity contribution is -0.384. The molecule has 1 aliphatic rings. The minimum Gasteiger partial charge on any atom is -0.487 e. The second-order valence-corrected chi connectivity index (χ2v) is 4.01. The molecule has 0 aliphatic carbocycles. The molecule has 0 radical (unpaired) electrons. The lowest BCUT2D eigenvalue weighted by atomic mass is 10.3. The smallest absolute Gasteiger partial charge is 0.271 e. The Hall–Kier alpha value is -1.33. The van der Waals surface area contributed by atoms with Crippen molar-refractivity contribution in [3.05, 3.63) is 33.3 Å². The predicted octanol–water partition coefficient (Wildman–Crippen LogP) is 1.99. The summed E-state index contributed by atoms with van der Waals surface area (Å²) in [5.74, 6) is 0.501. The molecule has 6 heteroatoms. The quantitative estimate of drug-likeness (QED) is 0.650. The van der Waals surface area contributed by atoms with E-state index >= 15 is 0 Å². The molecule has 86 valence electrons. The monoisotopic (exact) mass is 242 g/mol. The maximum atomic E-state index is 10.5. The molecule has 1 aromatic rings. The molecule has 1 N–H and O–H groups in total. The number of nitro groups is 1. The highest BCUT2D eigenvalue weighted by atomic mass is 35.5. The van der Waals surface area contributed by atoms with Gasteiger partial charge in [0.25, 0.3) is 5.69 Å². The fourth-order valence-corrected chi connectivity index (χ4v) is 1.83. The molecule has 1 unspecified atom stereocenters. The Kier molecular flexibility index (Phi) is 3.26. The number of nitrogens with one attached hydrogen (secondary N) is 1. The Balaban J connectivity index is 2.12. The standard InChI is InChI=1S/C10H11ClN2O3/c11-9-5-7(13(14)15)1-2-10(9)16-8-3-4-12-6-8/h1-2,5,8,12H,3-4,6H2. The van der Waals surface area contributed by atoms with Crippen molar-refractivity contribution < 1.29 is 9.66 Å². The summed E-state index contributed by atoms with van der Waals surface area (Å²) in [5, 5.41) is 13.9. The van der Waals surface area contributed by atoms with E-state index in [9.17, 15) is 10.1 Å². The summed E-state index contributed by atoms with van der Waals surface area (Å²) in [4.78, 5) is 10.0. The van der Waals surface area contributed by atoms with E-state index in [1.165, 1.54) is 12.1 Å². The average Bonchev–Trinajstić information content (AvgIpc) is 2.73. The Labute approximate surface area is 97.5 Å². The molecule has 1 atom stereocenters. The van der Waals surface area contributed by atoms with Crippen LogP contribution in [-0.2, 0) is 0 Å². The van der Waals surface area contributed by atoms with E-state index in [0.29, 0.717) is 5.75 Å². The maximum absolute atomic E-state index is 10.5. The van der Waals surface area contributed by atoms with Gasteiger partial charge in [-0.1, -0.05) is 11.6 Å². The first-order valence-electron chi connectivity index (χ1n) is 4.98. The van der Waals surface area contributed by atoms with Crippen molar-refractivity contribution in [3.63, 3.8) is 0 Å². The van der Waals surface area contributed by atoms with E-state index in [-0.39, 0.29) is 16.8 Å². The molecule has 0 spiro atoms. The summed E-state index contributed by atoms with van der Waals surface area (Å²) >= 11 is 5.90. The Morgan fingerprint density at radius 1 is 1.56 bits per heavy atom.